The lowest BCUT2D eigenvalue weighted by Crippen LogP contribution is -2.44. The number of piperidine rings is 1. The molecular weight excluding hydrogens is 335 g/mol. The number of ether oxygens (including phenoxy) is 1. The van der Waals surface area contributed by atoms with Gasteiger partial charge in [0.15, 0.2) is 6.04 Å². The number of nitrogens with one attached hydrogen (secondary N) is 2. The van der Waals surface area contributed by atoms with Gasteiger partial charge in [0.1, 0.15) is 5.75 Å². The zero-order valence-corrected chi connectivity index (χ0v) is 12.6. The molecule has 0 bridgehead atoms. The van der Waals surface area contributed by atoms with Crippen molar-refractivity contribution in [3.05, 3.63) is 29.8 Å². The van der Waals surface area contributed by atoms with E-state index in [1.807, 2.05) is 5.32 Å². The van der Waals surface area contributed by atoms with E-state index >= 15 is 0 Å². The van der Waals surface area contributed by atoms with Crippen molar-refractivity contribution in [2.24, 2.45) is 5.92 Å². The summed E-state index contributed by atoms with van der Waals surface area (Å²) in [6.45, 7) is -2.18. The van der Waals surface area contributed by atoms with Crippen LogP contribution in [-0.4, -0.2) is 31.8 Å². The molecule has 9 heteroatoms. The van der Waals surface area contributed by atoms with Gasteiger partial charge in [0.2, 0.25) is 5.91 Å². The number of hydrogen-bond donors (Lipinski definition) is 2. The molecule has 1 fully saturated rings. The maximum absolute atomic E-state index is 13.4. The highest BCUT2D eigenvalue weighted by molar-refractivity contribution is 5.79. The van der Waals surface area contributed by atoms with E-state index in [1.54, 1.807) is 0 Å². The molecule has 4 nitrogen and oxygen atoms in total. The Morgan fingerprint density at radius 1 is 1.21 bits per heavy atom. The summed E-state index contributed by atoms with van der Waals surface area (Å²) in [6, 6.07) is 2.16. The second-order valence-electron chi connectivity index (χ2n) is 5.42. The number of carbonyl (C=O) groups is 1. The third kappa shape index (κ3) is 4.80. The minimum atomic E-state index is -4.84. The number of amides is 1. The molecule has 1 aliphatic heterocycles. The van der Waals surface area contributed by atoms with Gasteiger partial charge in [0.05, 0.1) is 0 Å². The standard InChI is InChI=1S/C15H17F5N2O2/c16-14(17)24-11-4-2-1-3-10(11)12(15(18,19)20)22-13(23)9-5-7-21-8-6-9/h1-4,9,12,14,21H,5-8H2,(H,22,23). The SMILES string of the molecule is O=C(NC(c1ccccc1OC(F)F)C(F)(F)F)C1CCNCC1. The van der Waals surface area contributed by atoms with Gasteiger partial charge in [0.25, 0.3) is 0 Å². The van der Waals surface area contributed by atoms with Crippen molar-refractivity contribution in [2.75, 3.05) is 13.1 Å². The average Bonchev–Trinajstić information content (AvgIpc) is 2.52. The predicted octanol–water partition coefficient (Wildman–Crippen LogP) is 3.01. The summed E-state index contributed by atoms with van der Waals surface area (Å²) in [7, 11) is 0. The summed E-state index contributed by atoms with van der Waals surface area (Å²) in [5, 5.41) is 4.95. The zero-order valence-electron chi connectivity index (χ0n) is 12.6. The van der Waals surface area contributed by atoms with Gasteiger partial charge in [-0.1, -0.05) is 18.2 Å². The van der Waals surface area contributed by atoms with Crippen LogP contribution in [-0.2, 0) is 4.79 Å². The molecular formula is C15H17F5N2O2. The van der Waals surface area contributed by atoms with Crippen LogP contribution in [0.15, 0.2) is 24.3 Å². The van der Waals surface area contributed by atoms with Crippen LogP contribution >= 0.6 is 0 Å². The van der Waals surface area contributed by atoms with Gasteiger partial charge in [-0.3, -0.25) is 4.79 Å². The van der Waals surface area contributed by atoms with Crippen molar-refractivity contribution < 1.29 is 31.5 Å². The minimum Gasteiger partial charge on any atom is -0.434 e. The third-order valence-corrected chi connectivity index (χ3v) is 3.77. The second kappa shape index (κ2) is 7.78. The number of carbonyl (C=O) groups excluding carboxylic acids is 1. The zero-order chi connectivity index (χ0) is 17.7. The molecule has 1 aromatic carbocycles. The maximum atomic E-state index is 13.4. The lowest BCUT2D eigenvalue weighted by molar-refractivity contribution is -0.165. The molecule has 0 spiro atoms. The van der Waals surface area contributed by atoms with Gasteiger partial charge in [-0.15, -0.1) is 0 Å². The maximum Gasteiger partial charge on any atom is 0.413 e. The van der Waals surface area contributed by atoms with Crippen LogP contribution in [0.25, 0.3) is 0 Å². The highest BCUT2D eigenvalue weighted by Crippen LogP contribution is 2.38. The van der Waals surface area contributed by atoms with Crippen LogP contribution < -0.4 is 15.4 Å². The fraction of sp³-hybridized carbons (Fsp3) is 0.533. The van der Waals surface area contributed by atoms with E-state index in [1.165, 1.54) is 12.1 Å². The summed E-state index contributed by atoms with van der Waals surface area (Å²) in [6.07, 6.45) is -4.00. The highest BCUT2D eigenvalue weighted by atomic mass is 19.4. The number of halogens is 5. The topological polar surface area (TPSA) is 50.4 Å². The van der Waals surface area contributed by atoms with Gasteiger partial charge in [0, 0.05) is 11.5 Å². The van der Waals surface area contributed by atoms with Gasteiger partial charge in [-0.25, -0.2) is 0 Å². The first-order chi connectivity index (χ1) is 11.3. The van der Waals surface area contributed by atoms with Crippen molar-refractivity contribution >= 4 is 5.91 Å². The quantitative estimate of drug-likeness (QED) is 0.801. The second-order valence-corrected chi connectivity index (χ2v) is 5.42. The molecule has 1 heterocycles. The molecule has 1 aliphatic rings. The van der Waals surface area contributed by atoms with Crippen molar-refractivity contribution in [1.82, 2.24) is 10.6 Å². The largest absolute Gasteiger partial charge is 0.434 e. The van der Waals surface area contributed by atoms with Crippen molar-refractivity contribution in [1.29, 1.82) is 0 Å². The van der Waals surface area contributed by atoms with Crippen molar-refractivity contribution in [2.45, 2.75) is 31.7 Å². The van der Waals surface area contributed by atoms with Crippen LogP contribution in [0, 0.1) is 5.92 Å². The molecule has 134 valence electrons. The number of benzene rings is 1. The highest BCUT2D eigenvalue weighted by Gasteiger charge is 2.44. The number of para-hydroxylation sites is 1. The number of hydrogen-bond acceptors (Lipinski definition) is 3. The molecule has 1 atom stereocenters. The van der Waals surface area contributed by atoms with Gasteiger partial charge >= 0.3 is 12.8 Å². The molecule has 24 heavy (non-hydrogen) atoms. The molecule has 2 N–H and O–H groups in total. The molecule has 1 amide bonds. The van der Waals surface area contributed by atoms with Crippen LogP contribution in [0.5, 0.6) is 5.75 Å². The van der Waals surface area contributed by atoms with Crippen LogP contribution in [0.3, 0.4) is 0 Å². The minimum absolute atomic E-state index is 0.422. The van der Waals surface area contributed by atoms with Crippen molar-refractivity contribution in [3.63, 3.8) is 0 Å². The van der Waals surface area contributed by atoms with Crippen LogP contribution in [0.4, 0.5) is 22.0 Å². The van der Waals surface area contributed by atoms with E-state index < -0.39 is 42.0 Å². The van der Waals surface area contributed by atoms with Gasteiger partial charge in [-0.2, -0.15) is 22.0 Å². The first kappa shape index (κ1) is 18.4. The van der Waals surface area contributed by atoms with Gasteiger partial charge in [-0.05, 0) is 32.0 Å². The smallest absolute Gasteiger partial charge is 0.413 e. The van der Waals surface area contributed by atoms with E-state index in [4.69, 9.17) is 0 Å². The lowest BCUT2D eigenvalue weighted by Gasteiger charge is -2.27. The summed E-state index contributed by atoms with van der Waals surface area (Å²) < 4.78 is 69.1. The normalized spacial score (nSPS) is 17.6. The Morgan fingerprint density at radius 2 is 1.83 bits per heavy atom. The fourth-order valence-electron chi connectivity index (χ4n) is 2.60. The lowest BCUT2D eigenvalue weighted by atomic mass is 9.96. The van der Waals surface area contributed by atoms with E-state index in [9.17, 15) is 26.7 Å². The van der Waals surface area contributed by atoms with Crippen LogP contribution in [0.2, 0.25) is 0 Å². The first-order valence-electron chi connectivity index (χ1n) is 7.40. The van der Waals surface area contributed by atoms with Crippen LogP contribution in [0.1, 0.15) is 24.4 Å². The molecule has 0 aromatic heterocycles. The van der Waals surface area contributed by atoms with E-state index in [0.29, 0.717) is 25.9 Å². The fourth-order valence-corrected chi connectivity index (χ4v) is 2.60. The molecule has 0 aliphatic carbocycles. The molecule has 2 rings (SSSR count). The summed E-state index contributed by atoms with van der Waals surface area (Å²) in [5.74, 6) is -1.90. The van der Waals surface area contributed by atoms with Gasteiger partial charge < -0.3 is 15.4 Å². The van der Waals surface area contributed by atoms with Crippen molar-refractivity contribution in [3.8, 4) is 5.75 Å². The Kier molecular flexibility index (Phi) is 5.98. The molecule has 1 aromatic rings. The van der Waals surface area contributed by atoms with E-state index in [0.717, 1.165) is 12.1 Å². The molecule has 0 saturated carbocycles. The third-order valence-electron chi connectivity index (χ3n) is 3.77. The molecule has 1 unspecified atom stereocenters. The Hall–Kier alpha value is -1.90. The van der Waals surface area contributed by atoms with E-state index in [2.05, 4.69) is 10.1 Å². The Morgan fingerprint density at radius 3 is 2.42 bits per heavy atom. The molecule has 0 radical (unpaired) electrons. The monoisotopic (exact) mass is 352 g/mol. The van der Waals surface area contributed by atoms with E-state index in [-0.39, 0.29) is 0 Å². The summed E-state index contributed by atoms with van der Waals surface area (Å²) >= 11 is 0. The average molecular weight is 352 g/mol. The first-order valence-corrected chi connectivity index (χ1v) is 7.40. The Labute approximate surface area is 135 Å². The summed E-state index contributed by atoms with van der Waals surface area (Å²) in [5.41, 5.74) is -0.549. The predicted molar refractivity (Wildman–Crippen MR) is 75.6 cm³/mol. The Balaban J connectivity index is 2.24. The summed E-state index contributed by atoms with van der Waals surface area (Å²) in [4.78, 5) is 12.1. The molecule has 1 saturated heterocycles. The Bertz CT molecular complexity index is 559. The number of alkyl halides is 5. The number of rotatable bonds is 5.